The summed E-state index contributed by atoms with van der Waals surface area (Å²) in [4.78, 5) is 6.76. The maximum atomic E-state index is 9.99. The van der Waals surface area contributed by atoms with Crippen LogP contribution in [0.5, 0.6) is 5.88 Å². The maximum Gasteiger partial charge on any atom is 0.216 e. The summed E-state index contributed by atoms with van der Waals surface area (Å²) in [7, 11) is 0. The molecule has 0 amide bonds. The number of nitrogens with one attached hydrogen (secondary N) is 1. The van der Waals surface area contributed by atoms with Gasteiger partial charge in [0.15, 0.2) is 0 Å². The highest BCUT2D eigenvalue weighted by atomic mass is 16.5. The fourth-order valence-electron chi connectivity index (χ4n) is 3.34. The highest BCUT2D eigenvalue weighted by Gasteiger charge is 2.17. The maximum absolute atomic E-state index is 9.99. The third-order valence-corrected chi connectivity index (χ3v) is 4.90. The van der Waals surface area contributed by atoms with Gasteiger partial charge in [-0.2, -0.15) is 5.10 Å². The normalized spacial score (nSPS) is 14.9. The van der Waals surface area contributed by atoms with E-state index in [-0.39, 0.29) is 6.61 Å². The van der Waals surface area contributed by atoms with Crippen molar-refractivity contribution in [3.8, 4) is 5.88 Å². The van der Waals surface area contributed by atoms with E-state index in [0.717, 1.165) is 29.9 Å². The minimum Gasteiger partial charge on any atom is -0.475 e. The third-order valence-electron chi connectivity index (χ3n) is 4.90. The summed E-state index contributed by atoms with van der Waals surface area (Å²) in [6.07, 6.45) is 1.68. The van der Waals surface area contributed by atoms with Crippen LogP contribution < -0.4 is 15.1 Å². The SMILES string of the molecule is CC(C)(O)COc1cc(N2CCOCC2)cc(/C=N/Nc2ccc3ccccc3c2)n1. The van der Waals surface area contributed by atoms with Crippen molar-refractivity contribution in [3.05, 3.63) is 60.3 Å². The van der Waals surface area contributed by atoms with E-state index in [0.29, 0.717) is 24.8 Å². The van der Waals surface area contributed by atoms with Crippen LogP contribution in [0.15, 0.2) is 59.7 Å². The lowest BCUT2D eigenvalue weighted by Gasteiger charge is -2.29. The molecule has 31 heavy (non-hydrogen) atoms. The molecular formula is C24H28N4O3. The van der Waals surface area contributed by atoms with E-state index in [1.54, 1.807) is 20.1 Å². The first kappa shape index (κ1) is 21.1. The fraction of sp³-hybridized carbons (Fsp3) is 0.333. The van der Waals surface area contributed by atoms with Gasteiger partial charge in [-0.05, 0) is 42.8 Å². The number of fused-ring (bicyclic) bond motifs is 1. The van der Waals surface area contributed by atoms with Crippen LogP contribution in [-0.4, -0.2) is 54.8 Å². The van der Waals surface area contributed by atoms with Gasteiger partial charge >= 0.3 is 0 Å². The second-order valence-electron chi connectivity index (χ2n) is 8.22. The number of aliphatic hydroxyl groups is 1. The highest BCUT2D eigenvalue weighted by molar-refractivity contribution is 5.86. The van der Waals surface area contributed by atoms with Gasteiger partial charge in [-0.15, -0.1) is 0 Å². The van der Waals surface area contributed by atoms with E-state index in [2.05, 4.69) is 44.7 Å². The quantitative estimate of drug-likeness (QED) is 0.449. The van der Waals surface area contributed by atoms with Crippen LogP contribution in [0.3, 0.4) is 0 Å². The number of hydrogen-bond acceptors (Lipinski definition) is 7. The molecule has 1 aliphatic rings. The number of pyridine rings is 1. The summed E-state index contributed by atoms with van der Waals surface area (Å²) in [6, 6.07) is 18.2. The summed E-state index contributed by atoms with van der Waals surface area (Å²) in [6.45, 7) is 6.55. The average molecular weight is 421 g/mol. The summed E-state index contributed by atoms with van der Waals surface area (Å²) in [5.41, 5.74) is 4.70. The summed E-state index contributed by atoms with van der Waals surface area (Å²) in [5.74, 6) is 0.457. The van der Waals surface area contributed by atoms with E-state index >= 15 is 0 Å². The first-order valence-electron chi connectivity index (χ1n) is 10.4. The van der Waals surface area contributed by atoms with Crippen molar-refractivity contribution < 1.29 is 14.6 Å². The molecular weight excluding hydrogens is 392 g/mol. The van der Waals surface area contributed by atoms with Gasteiger partial charge in [-0.25, -0.2) is 4.98 Å². The summed E-state index contributed by atoms with van der Waals surface area (Å²) in [5, 5.41) is 16.7. The molecule has 2 N–H and O–H groups in total. The largest absolute Gasteiger partial charge is 0.475 e. The van der Waals surface area contributed by atoms with Gasteiger partial charge in [-0.1, -0.05) is 30.3 Å². The van der Waals surface area contributed by atoms with Crippen molar-refractivity contribution in [3.63, 3.8) is 0 Å². The lowest BCUT2D eigenvalue weighted by Crippen LogP contribution is -2.36. The number of hydrogen-bond donors (Lipinski definition) is 2. The van der Waals surface area contributed by atoms with Crippen molar-refractivity contribution in [1.29, 1.82) is 0 Å². The zero-order valence-corrected chi connectivity index (χ0v) is 17.9. The van der Waals surface area contributed by atoms with Crippen molar-refractivity contribution >= 4 is 28.4 Å². The molecule has 0 bridgehead atoms. The molecule has 0 aliphatic carbocycles. The van der Waals surface area contributed by atoms with E-state index in [9.17, 15) is 5.11 Å². The van der Waals surface area contributed by atoms with Crippen molar-refractivity contribution in [2.24, 2.45) is 5.10 Å². The molecule has 162 valence electrons. The number of rotatable bonds is 7. The predicted octanol–water partition coefficient (Wildman–Crippen LogP) is 3.67. The van der Waals surface area contributed by atoms with Gasteiger partial charge in [0.25, 0.3) is 0 Å². The zero-order valence-electron chi connectivity index (χ0n) is 17.9. The Balaban J connectivity index is 1.53. The molecule has 0 unspecified atom stereocenters. The smallest absolute Gasteiger partial charge is 0.216 e. The molecule has 0 radical (unpaired) electrons. The van der Waals surface area contributed by atoms with Gasteiger partial charge in [0.2, 0.25) is 5.88 Å². The van der Waals surface area contributed by atoms with Crippen LogP contribution in [0.1, 0.15) is 19.5 Å². The molecule has 1 aliphatic heterocycles. The molecule has 7 heteroatoms. The Bertz CT molecular complexity index is 1060. The number of hydrazone groups is 1. The Labute approximate surface area is 182 Å². The molecule has 0 spiro atoms. The molecule has 1 fully saturated rings. The van der Waals surface area contributed by atoms with E-state index in [1.807, 2.05) is 30.3 Å². The third kappa shape index (κ3) is 5.93. The molecule has 1 saturated heterocycles. The Kier molecular flexibility index (Phi) is 6.34. The Morgan fingerprint density at radius 1 is 1.13 bits per heavy atom. The Morgan fingerprint density at radius 2 is 1.90 bits per heavy atom. The number of anilines is 2. The molecule has 2 aromatic carbocycles. The number of ether oxygens (including phenoxy) is 2. The van der Waals surface area contributed by atoms with E-state index < -0.39 is 5.60 Å². The van der Waals surface area contributed by atoms with Gasteiger partial charge in [-0.3, -0.25) is 5.43 Å². The van der Waals surface area contributed by atoms with Gasteiger partial charge in [0, 0.05) is 24.8 Å². The van der Waals surface area contributed by atoms with E-state index in [4.69, 9.17) is 9.47 Å². The molecule has 3 aromatic rings. The van der Waals surface area contributed by atoms with Crippen LogP contribution in [0.4, 0.5) is 11.4 Å². The average Bonchev–Trinajstić information content (AvgIpc) is 2.78. The second kappa shape index (κ2) is 9.32. The van der Waals surface area contributed by atoms with Crippen molar-refractivity contribution in [2.45, 2.75) is 19.4 Å². The van der Waals surface area contributed by atoms with Crippen molar-refractivity contribution in [2.75, 3.05) is 43.2 Å². The van der Waals surface area contributed by atoms with Crippen LogP contribution in [0.2, 0.25) is 0 Å². The fourth-order valence-corrected chi connectivity index (χ4v) is 3.34. The molecule has 1 aromatic heterocycles. The lowest BCUT2D eigenvalue weighted by molar-refractivity contribution is 0.0268. The minimum atomic E-state index is -0.942. The molecule has 7 nitrogen and oxygen atoms in total. The standard InChI is InChI=1S/C24H28N4O3/c1-24(2,29)17-31-23-15-22(28-9-11-30-12-10-28)14-21(26-23)16-25-27-20-8-7-18-5-3-4-6-19(18)13-20/h3-8,13-16,27,29H,9-12,17H2,1-2H3/b25-16+. The van der Waals surface area contributed by atoms with Crippen LogP contribution in [-0.2, 0) is 4.74 Å². The van der Waals surface area contributed by atoms with Crippen LogP contribution >= 0.6 is 0 Å². The molecule has 0 saturated carbocycles. The van der Waals surface area contributed by atoms with Gasteiger partial charge in [0.05, 0.1) is 36.4 Å². The summed E-state index contributed by atoms with van der Waals surface area (Å²) >= 11 is 0. The van der Waals surface area contributed by atoms with Crippen molar-refractivity contribution in [1.82, 2.24) is 4.98 Å². The highest BCUT2D eigenvalue weighted by Crippen LogP contribution is 2.23. The topological polar surface area (TPSA) is 79.2 Å². The van der Waals surface area contributed by atoms with Crippen LogP contribution in [0.25, 0.3) is 10.8 Å². The predicted molar refractivity (Wildman–Crippen MR) is 124 cm³/mol. The zero-order chi connectivity index (χ0) is 21.7. The lowest BCUT2D eigenvalue weighted by atomic mass is 10.1. The second-order valence-corrected chi connectivity index (χ2v) is 8.22. The van der Waals surface area contributed by atoms with E-state index in [1.165, 1.54) is 5.39 Å². The minimum absolute atomic E-state index is 0.151. The number of aromatic nitrogens is 1. The molecule has 2 heterocycles. The van der Waals surface area contributed by atoms with Gasteiger partial charge < -0.3 is 19.5 Å². The molecule has 4 rings (SSSR count). The number of morpholine rings is 1. The number of nitrogens with zero attached hydrogens (tertiary/aromatic N) is 3. The Morgan fingerprint density at radius 3 is 2.68 bits per heavy atom. The molecule has 0 atom stereocenters. The van der Waals surface area contributed by atoms with Crippen LogP contribution in [0, 0.1) is 0 Å². The summed E-state index contributed by atoms with van der Waals surface area (Å²) < 4.78 is 11.2. The Hall–Kier alpha value is -3.16. The first-order valence-corrected chi connectivity index (χ1v) is 10.4. The first-order chi connectivity index (χ1) is 15.0. The van der Waals surface area contributed by atoms with Gasteiger partial charge in [0.1, 0.15) is 6.61 Å². The number of benzene rings is 2. The monoisotopic (exact) mass is 420 g/mol.